The molecule has 0 saturated carbocycles. The average Bonchev–Trinajstić information content (AvgIpc) is 2.80. The molecule has 0 bridgehead atoms. The van der Waals surface area contributed by atoms with Crippen LogP contribution in [0.3, 0.4) is 0 Å². The van der Waals surface area contributed by atoms with E-state index in [1.807, 2.05) is 18.2 Å². The molecule has 32 heavy (non-hydrogen) atoms. The molecule has 0 saturated heterocycles. The van der Waals surface area contributed by atoms with Crippen LogP contribution in [0.2, 0.25) is 5.02 Å². The van der Waals surface area contributed by atoms with Gasteiger partial charge >= 0.3 is 0 Å². The van der Waals surface area contributed by atoms with Gasteiger partial charge in [-0.05, 0) is 54.4 Å². The van der Waals surface area contributed by atoms with Gasteiger partial charge in [-0.1, -0.05) is 35.9 Å². The molecule has 166 valence electrons. The smallest absolute Gasteiger partial charge is 0.261 e. The molecule has 2 N–H and O–H groups in total. The van der Waals surface area contributed by atoms with Gasteiger partial charge in [0.2, 0.25) is 0 Å². The largest absolute Gasteiger partial charge is 0.486 e. The van der Waals surface area contributed by atoms with Crippen LogP contribution >= 0.6 is 11.6 Å². The first-order valence-corrected chi connectivity index (χ1v) is 11.8. The van der Waals surface area contributed by atoms with Crippen LogP contribution in [0.5, 0.6) is 11.5 Å². The summed E-state index contributed by atoms with van der Waals surface area (Å²) >= 11 is 6.04. The number of carbonyl (C=O) groups is 1. The molecule has 7 nitrogen and oxygen atoms in total. The van der Waals surface area contributed by atoms with Crippen LogP contribution in [0.1, 0.15) is 15.9 Å². The zero-order valence-electron chi connectivity index (χ0n) is 17.0. The summed E-state index contributed by atoms with van der Waals surface area (Å²) in [7, 11) is -3.90. The Morgan fingerprint density at radius 2 is 1.72 bits per heavy atom. The van der Waals surface area contributed by atoms with Gasteiger partial charge in [0.15, 0.2) is 11.5 Å². The number of fused-ring (bicyclic) bond motifs is 1. The number of hydrogen-bond donors (Lipinski definition) is 2. The lowest BCUT2D eigenvalue weighted by molar-refractivity contribution is 0.0954. The Hall–Kier alpha value is -3.23. The van der Waals surface area contributed by atoms with Gasteiger partial charge in [-0.2, -0.15) is 0 Å². The van der Waals surface area contributed by atoms with E-state index in [4.69, 9.17) is 21.1 Å². The number of para-hydroxylation sites is 1. The topological polar surface area (TPSA) is 93.7 Å². The fraction of sp³-hybridized carbons (Fsp3) is 0.174. The predicted octanol–water partition coefficient (Wildman–Crippen LogP) is 3.88. The Balaban J connectivity index is 1.39. The maximum Gasteiger partial charge on any atom is 0.261 e. The van der Waals surface area contributed by atoms with Crippen molar-refractivity contribution in [1.29, 1.82) is 0 Å². The van der Waals surface area contributed by atoms with Gasteiger partial charge in [0.05, 0.1) is 15.6 Å². The van der Waals surface area contributed by atoms with E-state index in [1.165, 1.54) is 18.2 Å². The highest BCUT2D eigenvalue weighted by atomic mass is 35.5. The molecule has 4 rings (SSSR count). The Morgan fingerprint density at radius 1 is 0.938 bits per heavy atom. The van der Waals surface area contributed by atoms with Crippen LogP contribution < -0.4 is 19.5 Å². The minimum atomic E-state index is -3.90. The summed E-state index contributed by atoms with van der Waals surface area (Å²) in [4.78, 5) is 12.5. The molecular formula is C23H21ClN2O5S. The Labute approximate surface area is 191 Å². The second-order valence-corrected chi connectivity index (χ2v) is 9.19. The van der Waals surface area contributed by atoms with E-state index in [0.29, 0.717) is 37.7 Å². The molecule has 1 heterocycles. The minimum absolute atomic E-state index is 0.0306. The van der Waals surface area contributed by atoms with E-state index in [1.54, 1.807) is 30.3 Å². The van der Waals surface area contributed by atoms with Crippen molar-refractivity contribution in [3.8, 4) is 11.5 Å². The highest BCUT2D eigenvalue weighted by Crippen LogP contribution is 2.30. The molecule has 0 unspecified atom stereocenters. The maximum atomic E-state index is 12.7. The zero-order valence-corrected chi connectivity index (χ0v) is 18.6. The van der Waals surface area contributed by atoms with Gasteiger partial charge in [0, 0.05) is 12.1 Å². The van der Waals surface area contributed by atoms with Crippen molar-refractivity contribution >= 4 is 33.2 Å². The lowest BCUT2D eigenvalue weighted by Gasteiger charge is -2.18. The molecule has 1 amide bonds. The molecule has 0 atom stereocenters. The molecular weight excluding hydrogens is 452 g/mol. The summed E-state index contributed by atoms with van der Waals surface area (Å²) in [5.74, 6) is 1.05. The number of benzene rings is 3. The molecule has 0 aromatic heterocycles. The third-order valence-electron chi connectivity index (χ3n) is 4.83. The molecule has 0 fully saturated rings. The number of hydrogen-bond acceptors (Lipinski definition) is 5. The van der Waals surface area contributed by atoms with Crippen LogP contribution in [0.15, 0.2) is 71.6 Å². The molecule has 9 heteroatoms. The van der Waals surface area contributed by atoms with Crippen molar-refractivity contribution in [2.24, 2.45) is 0 Å². The summed E-state index contributed by atoms with van der Waals surface area (Å²) < 4.78 is 39.0. The quantitative estimate of drug-likeness (QED) is 0.544. The van der Waals surface area contributed by atoms with Gasteiger partial charge < -0.3 is 14.8 Å². The van der Waals surface area contributed by atoms with E-state index in [0.717, 1.165) is 5.56 Å². The summed E-state index contributed by atoms with van der Waals surface area (Å²) in [5, 5.41) is 3.10. The molecule has 3 aromatic carbocycles. The van der Waals surface area contributed by atoms with Crippen molar-refractivity contribution in [3.63, 3.8) is 0 Å². The maximum absolute atomic E-state index is 12.7. The number of ether oxygens (including phenoxy) is 2. The minimum Gasteiger partial charge on any atom is -0.486 e. The summed E-state index contributed by atoms with van der Waals surface area (Å²) in [5.41, 5.74) is 1.51. The van der Waals surface area contributed by atoms with E-state index >= 15 is 0 Å². The number of rotatable bonds is 7. The molecule has 0 radical (unpaired) electrons. The predicted molar refractivity (Wildman–Crippen MR) is 122 cm³/mol. The molecule has 1 aliphatic heterocycles. The second-order valence-electron chi connectivity index (χ2n) is 7.10. The van der Waals surface area contributed by atoms with E-state index < -0.39 is 10.0 Å². The van der Waals surface area contributed by atoms with Crippen LogP contribution in [0, 0.1) is 0 Å². The first kappa shape index (κ1) is 22.0. The van der Waals surface area contributed by atoms with Crippen LogP contribution in [0.25, 0.3) is 0 Å². The van der Waals surface area contributed by atoms with E-state index in [-0.39, 0.29) is 27.1 Å². The SMILES string of the molecule is O=C(NCCc1ccc2c(c1)OCCO2)c1cccc(S(=O)(=O)Nc2ccccc2Cl)c1. The fourth-order valence-electron chi connectivity index (χ4n) is 3.22. The first-order valence-electron chi connectivity index (χ1n) is 9.96. The highest BCUT2D eigenvalue weighted by molar-refractivity contribution is 7.92. The summed E-state index contributed by atoms with van der Waals surface area (Å²) in [6.45, 7) is 1.43. The highest BCUT2D eigenvalue weighted by Gasteiger charge is 2.18. The van der Waals surface area contributed by atoms with Crippen LogP contribution in [0.4, 0.5) is 5.69 Å². The van der Waals surface area contributed by atoms with Crippen molar-refractivity contribution < 1.29 is 22.7 Å². The van der Waals surface area contributed by atoms with Crippen LogP contribution in [-0.2, 0) is 16.4 Å². The third-order valence-corrected chi connectivity index (χ3v) is 6.52. The van der Waals surface area contributed by atoms with E-state index in [9.17, 15) is 13.2 Å². The van der Waals surface area contributed by atoms with Gasteiger partial charge in [0.1, 0.15) is 13.2 Å². The molecule has 0 aliphatic carbocycles. The fourth-order valence-corrected chi connectivity index (χ4v) is 4.58. The first-order chi connectivity index (χ1) is 15.4. The van der Waals surface area contributed by atoms with Crippen molar-refractivity contribution in [1.82, 2.24) is 5.32 Å². The lowest BCUT2D eigenvalue weighted by atomic mass is 10.1. The lowest BCUT2D eigenvalue weighted by Crippen LogP contribution is -2.26. The zero-order chi connectivity index (χ0) is 22.6. The van der Waals surface area contributed by atoms with Crippen LogP contribution in [-0.4, -0.2) is 34.1 Å². The van der Waals surface area contributed by atoms with Gasteiger partial charge in [-0.15, -0.1) is 0 Å². The molecule has 3 aromatic rings. The van der Waals surface area contributed by atoms with Gasteiger partial charge in [-0.3, -0.25) is 9.52 Å². The number of halogens is 1. The Kier molecular flexibility index (Phi) is 6.53. The number of sulfonamides is 1. The Morgan fingerprint density at radius 3 is 2.53 bits per heavy atom. The molecule has 1 aliphatic rings. The second kappa shape index (κ2) is 9.50. The average molecular weight is 473 g/mol. The number of carbonyl (C=O) groups excluding carboxylic acids is 1. The molecule has 0 spiro atoms. The third kappa shape index (κ3) is 5.15. The summed E-state index contributed by atoms with van der Waals surface area (Å²) in [6, 6.07) is 18.0. The number of anilines is 1. The number of amides is 1. The summed E-state index contributed by atoms with van der Waals surface area (Å²) in [6.07, 6.45) is 0.592. The number of nitrogens with one attached hydrogen (secondary N) is 2. The monoisotopic (exact) mass is 472 g/mol. The van der Waals surface area contributed by atoms with Crippen molar-refractivity contribution in [2.75, 3.05) is 24.5 Å². The van der Waals surface area contributed by atoms with E-state index in [2.05, 4.69) is 10.0 Å². The standard InChI is InChI=1S/C23H21ClN2O5S/c24-19-6-1-2-7-20(19)26-32(28,29)18-5-3-4-17(15-18)23(27)25-11-10-16-8-9-21-22(14-16)31-13-12-30-21/h1-9,14-15,26H,10-13H2,(H,25,27). The van der Waals surface area contributed by atoms with Crippen molar-refractivity contribution in [3.05, 3.63) is 82.9 Å². The van der Waals surface area contributed by atoms with Gasteiger partial charge in [0.25, 0.3) is 15.9 Å². The Bertz CT molecular complexity index is 1250. The van der Waals surface area contributed by atoms with Crippen molar-refractivity contribution in [2.45, 2.75) is 11.3 Å². The normalized spacial score (nSPS) is 12.8. The van der Waals surface area contributed by atoms with Gasteiger partial charge in [-0.25, -0.2) is 8.42 Å².